The Bertz CT molecular complexity index is 721. The molecular formula is C19H25N3O2. The van der Waals surface area contributed by atoms with Crippen LogP contribution in [0.4, 0.5) is 0 Å². The fourth-order valence-corrected chi connectivity index (χ4v) is 3.54. The normalized spacial score (nSPS) is 18.0. The first kappa shape index (κ1) is 16.7. The summed E-state index contributed by atoms with van der Waals surface area (Å²) >= 11 is 0. The molecule has 0 spiro atoms. The Morgan fingerprint density at radius 1 is 1.29 bits per heavy atom. The Morgan fingerprint density at radius 3 is 2.83 bits per heavy atom. The summed E-state index contributed by atoms with van der Waals surface area (Å²) in [5, 5.41) is 13.7. The van der Waals surface area contributed by atoms with Crippen LogP contribution in [-0.2, 0) is 0 Å². The SMILES string of the molecule is Cc1ccccc1-n1ncc(C(=O)N2CCCCC2CCO)c1C. The fraction of sp³-hybridized carbons (Fsp3) is 0.474. The number of benzene rings is 1. The van der Waals surface area contributed by atoms with Gasteiger partial charge in [0.2, 0.25) is 0 Å². The van der Waals surface area contributed by atoms with E-state index in [-0.39, 0.29) is 18.6 Å². The monoisotopic (exact) mass is 327 g/mol. The summed E-state index contributed by atoms with van der Waals surface area (Å²) in [5.41, 5.74) is 3.64. The van der Waals surface area contributed by atoms with Crippen molar-refractivity contribution in [3.05, 3.63) is 47.3 Å². The molecule has 0 radical (unpaired) electrons. The highest BCUT2D eigenvalue weighted by Gasteiger charge is 2.29. The van der Waals surface area contributed by atoms with Crippen LogP contribution in [0.1, 0.15) is 47.3 Å². The van der Waals surface area contributed by atoms with E-state index in [0.717, 1.165) is 42.8 Å². The second-order valence-electron chi connectivity index (χ2n) is 6.50. The van der Waals surface area contributed by atoms with E-state index in [9.17, 15) is 9.90 Å². The van der Waals surface area contributed by atoms with Gasteiger partial charge in [0.05, 0.1) is 23.1 Å². The number of aryl methyl sites for hydroxylation is 1. The molecule has 1 aromatic carbocycles. The van der Waals surface area contributed by atoms with E-state index in [4.69, 9.17) is 0 Å². The number of hydrogen-bond donors (Lipinski definition) is 1. The third-order valence-electron chi connectivity index (χ3n) is 4.93. The lowest BCUT2D eigenvalue weighted by Gasteiger charge is -2.35. The summed E-state index contributed by atoms with van der Waals surface area (Å²) in [4.78, 5) is 14.9. The average molecular weight is 327 g/mol. The summed E-state index contributed by atoms with van der Waals surface area (Å²) in [7, 11) is 0. The number of amides is 1. The number of likely N-dealkylation sites (tertiary alicyclic amines) is 1. The summed E-state index contributed by atoms with van der Waals surface area (Å²) in [6.07, 6.45) is 5.44. The van der Waals surface area contributed by atoms with Crippen molar-refractivity contribution in [1.29, 1.82) is 0 Å². The van der Waals surface area contributed by atoms with Gasteiger partial charge in [-0.15, -0.1) is 0 Å². The summed E-state index contributed by atoms with van der Waals surface area (Å²) < 4.78 is 1.84. The number of aromatic nitrogens is 2. The van der Waals surface area contributed by atoms with Gasteiger partial charge in [0.15, 0.2) is 0 Å². The van der Waals surface area contributed by atoms with E-state index >= 15 is 0 Å². The molecule has 1 amide bonds. The number of para-hydroxylation sites is 1. The molecule has 1 saturated heterocycles. The molecule has 0 bridgehead atoms. The van der Waals surface area contributed by atoms with E-state index < -0.39 is 0 Å². The molecular weight excluding hydrogens is 302 g/mol. The molecule has 5 heteroatoms. The van der Waals surface area contributed by atoms with Gasteiger partial charge in [-0.3, -0.25) is 4.79 Å². The van der Waals surface area contributed by atoms with E-state index in [1.165, 1.54) is 0 Å². The van der Waals surface area contributed by atoms with Crippen molar-refractivity contribution in [1.82, 2.24) is 14.7 Å². The Morgan fingerprint density at radius 2 is 2.08 bits per heavy atom. The highest BCUT2D eigenvalue weighted by atomic mass is 16.3. The minimum Gasteiger partial charge on any atom is -0.396 e. The summed E-state index contributed by atoms with van der Waals surface area (Å²) in [5.74, 6) is 0.0329. The van der Waals surface area contributed by atoms with Crippen LogP contribution in [0, 0.1) is 13.8 Å². The molecule has 24 heavy (non-hydrogen) atoms. The van der Waals surface area contributed by atoms with Crippen LogP contribution >= 0.6 is 0 Å². The van der Waals surface area contributed by atoms with E-state index in [1.54, 1.807) is 6.20 Å². The lowest BCUT2D eigenvalue weighted by atomic mass is 9.98. The average Bonchev–Trinajstić information content (AvgIpc) is 2.97. The number of piperidine rings is 1. The van der Waals surface area contributed by atoms with Crippen molar-refractivity contribution in [2.45, 2.75) is 45.6 Å². The minimum absolute atomic E-state index is 0.0329. The highest BCUT2D eigenvalue weighted by Crippen LogP contribution is 2.24. The lowest BCUT2D eigenvalue weighted by molar-refractivity contribution is 0.0574. The van der Waals surface area contributed by atoms with Crippen LogP contribution in [0.3, 0.4) is 0 Å². The molecule has 1 aliphatic rings. The van der Waals surface area contributed by atoms with Crippen molar-refractivity contribution in [3.8, 4) is 5.69 Å². The van der Waals surface area contributed by atoms with Gasteiger partial charge < -0.3 is 10.0 Å². The second-order valence-corrected chi connectivity index (χ2v) is 6.50. The number of nitrogens with zero attached hydrogens (tertiary/aromatic N) is 3. The topological polar surface area (TPSA) is 58.4 Å². The van der Waals surface area contributed by atoms with Crippen LogP contribution < -0.4 is 0 Å². The Labute approximate surface area is 142 Å². The zero-order valence-corrected chi connectivity index (χ0v) is 14.4. The molecule has 128 valence electrons. The molecule has 3 rings (SSSR count). The molecule has 2 aromatic rings. The fourth-order valence-electron chi connectivity index (χ4n) is 3.54. The van der Waals surface area contributed by atoms with Gasteiger partial charge in [-0.1, -0.05) is 18.2 Å². The van der Waals surface area contributed by atoms with Crippen molar-refractivity contribution in [2.75, 3.05) is 13.2 Å². The summed E-state index contributed by atoms with van der Waals surface area (Å²) in [6, 6.07) is 8.17. The minimum atomic E-state index is 0.0329. The van der Waals surface area contributed by atoms with Crippen LogP contribution in [-0.4, -0.2) is 44.9 Å². The number of rotatable bonds is 4. The molecule has 1 aliphatic heterocycles. The van der Waals surface area contributed by atoms with Gasteiger partial charge in [0.1, 0.15) is 0 Å². The maximum Gasteiger partial charge on any atom is 0.257 e. The van der Waals surface area contributed by atoms with Crippen LogP contribution in [0.5, 0.6) is 0 Å². The van der Waals surface area contributed by atoms with Gasteiger partial charge in [-0.25, -0.2) is 4.68 Å². The first-order valence-corrected chi connectivity index (χ1v) is 8.66. The molecule has 0 aliphatic carbocycles. The molecule has 2 heterocycles. The number of carbonyl (C=O) groups is 1. The third kappa shape index (κ3) is 3.08. The standard InChI is InChI=1S/C19H25N3O2/c1-14-7-3-4-9-18(14)22-15(2)17(13-20-22)19(24)21-11-6-5-8-16(21)10-12-23/h3-4,7,9,13,16,23H,5-6,8,10-12H2,1-2H3. The predicted molar refractivity (Wildman–Crippen MR) is 93.4 cm³/mol. The van der Waals surface area contributed by atoms with Crippen molar-refractivity contribution in [2.24, 2.45) is 0 Å². The number of hydrogen-bond acceptors (Lipinski definition) is 3. The highest BCUT2D eigenvalue weighted by molar-refractivity contribution is 5.95. The predicted octanol–water partition coefficient (Wildman–Crippen LogP) is 2.87. The van der Waals surface area contributed by atoms with Gasteiger partial charge in [0.25, 0.3) is 5.91 Å². The maximum atomic E-state index is 13.0. The Kier molecular flexibility index (Phi) is 5.00. The quantitative estimate of drug-likeness (QED) is 0.939. The molecule has 0 saturated carbocycles. The Balaban J connectivity index is 1.90. The number of carbonyl (C=O) groups excluding carboxylic acids is 1. The van der Waals surface area contributed by atoms with E-state index in [2.05, 4.69) is 5.10 Å². The van der Waals surface area contributed by atoms with E-state index in [0.29, 0.717) is 12.0 Å². The molecule has 1 atom stereocenters. The van der Waals surface area contributed by atoms with Crippen molar-refractivity contribution in [3.63, 3.8) is 0 Å². The second kappa shape index (κ2) is 7.18. The first-order chi connectivity index (χ1) is 11.6. The number of aliphatic hydroxyl groups is 1. The maximum absolute atomic E-state index is 13.0. The van der Waals surface area contributed by atoms with Crippen molar-refractivity contribution >= 4 is 5.91 Å². The molecule has 1 fully saturated rings. The zero-order valence-electron chi connectivity index (χ0n) is 14.4. The molecule has 1 aromatic heterocycles. The molecule has 1 unspecified atom stereocenters. The zero-order chi connectivity index (χ0) is 17.1. The van der Waals surface area contributed by atoms with Crippen LogP contribution in [0.2, 0.25) is 0 Å². The van der Waals surface area contributed by atoms with E-state index in [1.807, 2.05) is 47.7 Å². The van der Waals surface area contributed by atoms with Gasteiger partial charge in [-0.05, 0) is 51.2 Å². The Hall–Kier alpha value is -2.14. The lowest BCUT2D eigenvalue weighted by Crippen LogP contribution is -2.44. The van der Waals surface area contributed by atoms with Gasteiger partial charge >= 0.3 is 0 Å². The van der Waals surface area contributed by atoms with Gasteiger partial charge in [-0.2, -0.15) is 5.10 Å². The van der Waals surface area contributed by atoms with Crippen LogP contribution in [0.15, 0.2) is 30.5 Å². The van der Waals surface area contributed by atoms with Crippen LogP contribution in [0.25, 0.3) is 5.69 Å². The largest absolute Gasteiger partial charge is 0.396 e. The molecule has 1 N–H and O–H groups in total. The first-order valence-electron chi connectivity index (χ1n) is 8.66. The third-order valence-corrected chi connectivity index (χ3v) is 4.93. The molecule has 5 nitrogen and oxygen atoms in total. The smallest absolute Gasteiger partial charge is 0.257 e. The summed E-state index contributed by atoms with van der Waals surface area (Å²) in [6.45, 7) is 4.87. The number of aliphatic hydroxyl groups excluding tert-OH is 1. The van der Waals surface area contributed by atoms with Gasteiger partial charge in [0, 0.05) is 19.2 Å². The van der Waals surface area contributed by atoms with Crippen molar-refractivity contribution < 1.29 is 9.90 Å².